The fourth-order valence-corrected chi connectivity index (χ4v) is 2.85. The van der Waals surface area contributed by atoms with E-state index in [-0.39, 0.29) is 11.5 Å². The Morgan fingerprint density at radius 3 is 2.09 bits per heavy atom. The molecule has 3 aromatic carbocycles. The molecule has 7 heteroatoms. The number of hydrogen-bond donors (Lipinski definition) is 0. The van der Waals surface area contributed by atoms with Crippen molar-refractivity contribution in [2.75, 3.05) is 6.61 Å². The predicted octanol–water partition coefficient (Wildman–Crippen LogP) is 5.89. The van der Waals surface area contributed by atoms with Crippen LogP contribution in [0.4, 0.5) is 5.69 Å². The molecule has 0 spiro atoms. The van der Waals surface area contributed by atoms with Gasteiger partial charge in [0.2, 0.25) is 0 Å². The minimum atomic E-state index is -0.507. The van der Waals surface area contributed by atoms with Crippen LogP contribution < -0.4 is 9.47 Å². The summed E-state index contributed by atoms with van der Waals surface area (Å²) in [6, 6.07) is 18.8. The van der Waals surface area contributed by atoms with Crippen molar-refractivity contribution in [1.82, 2.24) is 0 Å². The molecule has 7 nitrogen and oxygen atoms in total. The van der Waals surface area contributed by atoms with E-state index in [1.54, 1.807) is 66.7 Å². The molecular formula is C26H23NO6. The number of ether oxygens (including phenoxy) is 2. The van der Waals surface area contributed by atoms with Gasteiger partial charge in [0.15, 0.2) is 5.78 Å². The summed E-state index contributed by atoms with van der Waals surface area (Å²) in [5, 5.41) is 10.7. The first-order valence-corrected chi connectivity index (χ1v) is 10.5. The highest BCUT2D eigenvalue weighted by Gasteiger charge is 2.10. The Morgan fingerprint density at radius 2 is 1.48 bits per heavy atom. The molecule has 0 aliphatic carbocycles. The molecule has 33 heavy (non-hydrogen) atoms. The van der Waals surface area contributed by atoms with Gasteiger partial charge in [-0.3, -0.25) is 14.9 Å². The van der Waals surface area contributed by atoms with Crippen LogP contribution in [0.25, 0.3) is 6.08 Å². The first-order chi connectivity index (χ1) is 16.0. The lowest BCUT2D eigenvalue weighted by Crippen LogP contribution is -2.08. The topological polar surface area (TPSA) is 95.7 Å². The molecule has 0 N–H and O–H groups in total. The Hall–Kier alpha value is -4.26. The van der Waals surface area contributed by atoms with Crippen molar-refractivity contribution in [1.29, 1.82) is 0 Å². The minimum absolute atomic E-state index is 0.0140. The molecule has 0 radical (unpaired) electrons. The summed E-state index contributed by atoms with van der Waals surface area (Å²) in [6.45, 7) is 2.72. The van der Waals surface area contributed by atoms with Crippen LogP contribution in [-0.2, 0) is 0 Å². The molecule has 0 aromatic heterocycles. The van der Waals surface area contributed by atoms with Crippen LogP contribution >= 0.6 is 0 Å². The number of nitrogens with zero attached hydrogens (tertiary/aromatic N) is 1. The second-order valence-corrected chi connectivity index (χ2v) is 7.19. The second-order valence-electron chi connectivity index (χ2n) is 7.19. The van der Waals surface area contributed by atoms with E-state index in [2.05, 4.69) is 6.92 Å². The van der Waals surface area contributed by atoms with Gasteiger partial charge in [-0.05, 0) is 78.7 Å². The van der Waals surface area contributed by atoms with E-state index in [9.17, 15) is 19.7 Å². The highest BCUT2D eigenvalue weighted by Crippen LogP contribution is 2.18. The lowest BCUT2D eigenvalue weighted by Gasteiger charge is -2.07. The molecular weight excluding hydrogens is 422 g/mol. The summed E-state index contributed by atoms with van der Waals surface area (Å²) >= 11 is 0. The van der Waals surface area contributed by atoms with Crippen molar-refractivity contribution in [2.24, 2.45) is 0 Å². The number of hydrogen-bond acceptors (Lipinski definition) is 6. The number of non-ortho nitro benzene ring substituents is 1. The molecule has 0 saturated heterocycles. The third kappa shape index (κ3) is 6.87. The minimum Gasteiger partial charge on any atom is -0.494 e. The van der Waals surface area contributed by atoms with Crippen molar-refractivity contribution in [3.05, 3.63) is 106 Å². The van der Waals surface area contributed by atoms with E-state index >= 15 is 0 Å². The number of unbranched alkanes of at least 4 members (excludes halogenated alkanes) is 1. The van der Waals surface area contributed by atoms with Gasteiger partial charge in [0.05, 0.1) is 17.1 Å². The Bertz CT molecular complexity index is 1130. The van der Waals surface area contributed by atoms with Gasteiger partial charge in [-0.1, -0.05) is 19.4 Å². The monoisotopic (exact) mass is 445 g/mol. The Morgan fingerprint density at radius 1 is 0.879 bits per heavy atom. The van der Waals surface area contributed by atoms with E-state index in [1.807, 2.05) is 0 Å². The number of rotatable bonds is 10. The average molecular weight is 445 g/mol. The number of carbonyl (C=O) groups excluding carboxylic acids is 2. The molecule has 0 fully saturated rings. The summed E-state index contributed by atoms with van der Waals surface area (Å²) < 4.78 is 11.0. The SMILES string of the molecule is CCCCOc1ccc(C(=O)Oc2ccc(C(=O)/C=C/c3ccc([N+](=O)[O-])cc3)cc2)cc1. The number of carbonyl (C=O) groups is 2. The summed E-state index contributed by atoms with van der Waals surface area (Å²) in [5.74, 6) is 0.265. The van der Waals surface area contributed by atoms with Crippen LogP contribution in [0.15, 0.2) is 78.9 Å². The zero-order valence-corrected chi connectivity index (χ0v) is 18.1. The van der Waals surface area contributed by atoms with Gasteiger partial charge in [-0.25, -0.2) is 4.79 Å². The van der Waals surface area contributed by atoms with Crippen LogP contribution in [0.2, 0.25) is 0 Å². The van der Waals surface area contributed by atoms with Gasteiger partial charge in [0, 0.05) is 17.7 Å². The molecule has 0 bridgehead atoms. The summed E-state index contributed by atoms with van der Waals surface area (Å²) in [4.78, 5) is 34.9. The first kappa shape index (κ1) is 23.4. The maximum absolute atomic E-state index is 12.4. The number of ketones is 1. The second kappa shape index (κ2) is 11.4. The van der Waals surface area contributed by atoms with Gasteiger partial charge in [0.25, 0.3) is 5.69 Å². The molecule has 168 valence electrons. The lowest BCUT2D eigenvalue weighted by atomic mass is 10.1. The van der Waals surface area contributed by atoms with Crippen molar-refractivity contribution in [3.63, 3.8) is 0 Å². The van der Waals surface area contributed by atoms with Crippen molar-refractivity contribution >= 4 is 23.5 Å². The molecule has 3 rings (SSSR count). The van der Waals surface area contributed by atoms with Crippen LogP contribution in [0.5, 0.6) is 11.5 Å². The maximum Gasteiger partial charge on any atom is 0.343 e. The molecule has 0 atom stereocenters. The van der Waals surface area contributed by atoms with E-state index in [0.29, 0.717) is 34.8 Å². The molecule has 0 heterocycles. The van der Waals surface area contributed by atoms with E-state index < -0.39 is 10.9 Å². The highest BCUT2D eigenvalue weighted by atomic mass is 16.6. The van der Waals surface area contributed by atoms with Gasteiger partial charge in [-0.15, -0.1) is 0 Å². The molecule has 0 amide bonds. The number of nitro groups is 1. The van der Waals surface area contributed by atoms with E-state index in [1.165, 1.54) is 18.2 Å². The molecule has 0 unspecified atom stereocenters. The van der Waals surface area contributed by atoms with Crippen LogP contribution in [0, 0.1) is 10.1 Å². The molecule has 3 aromatic rings. The first-order valence-electron chi connectivity index (χ1n) is 10.5. The fraction of sp³-hybridized carbons (Fsp3) is 0.154. The Kier molecular flexibility index (Phi) is 8.07. The summed E-state index contributed by atoms with van der Waals surface area (Å²) in [6.07, 6.45) is 4.97. The van der Waals surface area contributed by atoms with Gasteiger partial charge >= 0.3 is 5.97 Å². The highest BCUT2D eigenvalue weighted by molar-refractivity contribution is 6.06. The number of benzene rings is 3. The zero-order chi connectivity index (χ0) is 23.6. The number of nitro benzene ring substituents is 1. The van der Waals surface area contributed by atoms with Crippen LogP contribution in [-0.4, -0.2) is 23.3 Å². The molecule has 0 aliphatic heterocycles. The summed E-state index contributed by atoms with van der Waals surface area (Å²) in [7, 11) is 0. The van der Waals surface area contributed by atoms with E-state index in [0.717, 1.165) is 12.8 Å². The maximum atomic E-state index is 12.4. The third-order valence-corrected chi connectivity index (χ3v) is 4.74. The summed E-state index contributed by atoms with van der Waals surface area (Å²) in [5.41, 5.74) is 1.46. The molecule has 0 saturated carbocycles. The molecule has 0 aliphatic rings. The van der Waals surface area contributed by atoms with Gasteiger partial charge < -0.3 is 9.47 Å². The van der Waals surface area contributed by atoms with Crippen molar-refractivity contribution in [2.45, 2.75) is 19.8 Å². The Balaban J connectivity index is 1.56. The largest absolute Gasteiger partial charge is 0.494 e. The van der Waals surface area contributed by atoms with Gasteiger partial charge in [-0.2, -0.15) is 0 Å². The van der Waals surface area contributed by atoms with Crippen molar-refractivity contribution < 1.29 is 24.0 Å². The van der Waals surface area contributed by atoms with Crippen LogP contribution in [0.1, 0.15) is 46.0 Å². The third-order valence-electron chi connectivity index (χ3n) is 4.74. The van der Waals surface area contributed by atoms with Crippen molar-refractivity contribution in [3.8, 4) is 11.5 Å². The Labute approximate surface area is 191 Å². The van der Waals surface area contributed by atoms with Crippen LogP contribution in [0.3, 0.4) is 0 Å². The predicted molar refractivity (Wildman–Crippen MR) is 125 cm³/mol. The standard InChI is InChI=1S/C26H23NO6/c1-2-3-18-32-23-13-9-21(10-14-23)26(29)33-24-15-7-20(8-16-24)25(28)17-6-19-4-11-22(12-5-19)27(30)31/h4-17H,2-3,18H2,1H3/b17-6+. The van der Waals surface area contributed by atoms with E-state index in [4.69, 9.17) is 9.47 Å². The lowest BCUT2D eigenvalue weighted by molar-refractivity contribution is -0.384. The zero-order valence-electron chi connectivity index (χ0n) is 18.1. The fourth-order valence-electron chi connectivity index (χ4n) is 2.85. The number of allylic oxidation sites excluding steroid dienone is 1. The smallest absolute Gasteiger partial charge is 0.343 e. The quantitative estimate of drug-likeness (QED) is 0.0734. The number of esters is 1. The normalized spacial score (nSPS) is 10.7. The average Bonchev–Trinajstić information content (AvgIpc) is 2.84. The van der Waals surface area contributed by atoms with Gasteiger partial charge in [0.1, 0.15) is 11.5 Å².